The first-order valence-electron chi connectivity index (χ1n) is 6.67. The van der Waals surface area contributed by atoms with Crippen LogP contribution in [0.15, 0.2) is 0 Å². The Bertz CT molecular complexity index is 375. The Balaban J connectivity index is 2.35. The van der Waals surface area contributed by atoms with Gasteiger partial charge in [0.25, 0.3) is 0 Å². The average Bonchev–Trinajstić information content (AvgIpc) is 2.85. The van der Waals surface area contributed by atoms with E-state index in [4.69, 9.17) is 0 Å². The maximum absolute atomic E-state index is 4.44. The fourth-order valence-electron chi connectivity index (χ4n) is 3.36. The number of aromatic nitrogens is 3. The monoisotopic (exact) mass is 236 g/mol. The van der Waals surface area contributed by atoms with E-state index < -0.39 is 0 Å². The summed E-state index contributed by atoms with van der Waals surface area (Å²) in [4.78, 5) is 0. The Kier molecular flexibility index (Phi) is 3.40. The standard InChI is InChI=1S/C13H24N4/c1-10(2)9-13(7-5-6-8-13)11-15-16-12(14-3)17(11)4/h10H,5-9H2,1-4H3,(H,14,16). The minimum atomic E-state index is 0.269. The van der Waals surface area contributed by atoms with E-state index in [0.29, 0.717) is 5.92 Å². The zero-order chi connectivity index (χ0) is 12.5. The molecule has 0 spiro atoms. The van der Waals surface area contributed by atoms with Crippen molar-refractivity contribution in [1.82, 2.24) is 14.8 Å². The molecule has 0 bridgehead atoms. The lowest BCUT2D eigenvalue weighted by atomic mass is 9.78. The smallest absolute Gasteiger partial charge is 0.224 e. The van der Waals surface area contributed by atoms with E-state index in [9.17, 15) is 0 Å². The van der Waals surface area contributed by atoms with Gasteiger partial charge in [0.15, 0.2) is 0 Å². The summed E-state index contributed by atoms with van der Waals surface area (Å²) >= 11 is 0. The number of nitrogens with zero attached hydrogens (tertiary/aromatic N) is 3. The summed E-state index contributed by atoms with van der Waals surface area (Å²) in [5.74, 6) is 2.76. The molecule has 0 radical (unpaired) electrons. The van der Waals surface area contributed by atoms with Gasteiger partial charge in [0, 0.05) is 19.5 Å². The summed E-state index contributed by atoms with van der Waals surface area (Å²) in [6.07, 6.45) is 6.41. The zero-order valence-corrected chi connectivity index (χ0v) is 11.5. The van der Waals surface area contributed by atoms with Crippen molar-refractivity contribution in [2.75, 3.05) is 12.4 Å². The van der Waals surface area contributed by atoms with Crippen LogP contribution in [-0.4, -0.2) is 21.8 Å². The van der Waals surface area contributed by atoms with Crippen molar-refractivity contribution in [2.24, 2.45) is 13.0 Å². The zero-order valence-electron chi connectivity index (χ0n) is 11.5. The topological polar surface area (TPSA) is 42.7 Å². The summed E-state index contributed by atoms with van der Waals surface area (Å²) in [7, 11) is 3.97. The maximum atomic E-state index is 4.44. The summed E-state index contributed by atoms with van der Waals surface area (Å²) in [6.45, 7) is 4.60. The number of hydrogen-bond donors (Lipinski definition) is 1. The van der Waals surface area contributed by atoms with Gasteiger partial charge in [0.05, 0.1) is 0 Å². The van der Waals surface area contributed by atoms with Crippen LogP contribution >= 0.6 is 0 Å². The molecule has 4 nitrogen and oxygen atoms in total. The Morgan fingerprint density at radius 2 is 1.94 bits per heavy atom. The second kappa shape index (κ2) is 4.67. The van der Waals surface area contributed by atoms with E-state index in [1.165, 1.54) is 37.9 Å². The number of rotatable bonds is 4. The molecule has 0 unspecified atom stereocenters. The Morgan fingerprint density at radius 3 is 2.41 bits per heavy atom. The van der Waals surface area contributed by atoms with Crippen LogP contribution in [0.3, 0.4) is 0 Å². The Morgan fingerprint density at radius 1 is 1.29 bits per heavy atom. The van der Waals surface area contributed by atoms with Crippen LogP contribution in [0.5, 0.6) is 0 Å². The van der Waals surface area contributed by atoms with Gasteiger partial charge in [-0.3, -0.25) is 0 Å². The van der Waals surface area contributed by atoms with E-state index in [2.05, 4.69) is 41.0 Å². The highest BCUT2D eigenvalue weighted by atomic mass is 15.3. The fourth-order valence-corrected chi connectivity index (χ4v) is 3.36. The highest BCUT2D eigenvalue weighted by Gasteiger charge is 2.40. The Labute approximate surface area is 104 Å². The van der Waals surface area contributed by atoms with Crippen LogP contribution in [0, 0.1) is 5.92 Å². The van der Waals surface area contributed by atoms with Crippen molar-refractivity contribution in [3.63, 3.8) is 0 Å². The van der Waals surface area contributed by atoms with Crippen molar-refractivity contribution in [1.29, 1.82) is 0 Å². The lowest BCUT2D eigenvalue weighted by Crippen LogP contribution is -2.28. The normalized spacial score (nSPS) is 18.9. The van der Waals surface area contributed by atoms with Crippen molar-refractivity contribution < 1.29 is 0 Å². The highest BCUT2D eigenvalue weighted by molar-refractivity contribution is 5.27. The molecule has 0 aliphatic heterocycles. The molecule has 96 valence electrons. The molecule has 1 saturated carbocycles. The van der Waals surface area contributed by atoms with E-state index in [1.807, 2.05) is 7.05 Å². The van der Waals surface area contributed by atoms with Crippen LogP contribution in [0.1, 0.15) is 51.8 Å². The molecule has 1 aliphatic rings. The molecule has 1 fully saturated rings. The van der Waals surface area contributed by atoms with Gasteiger partial charge in [0.1, 0.15) is 5.82 Å². The predicted octanol–water partition coefficient (Wildman–Crippen LogP) is 2.71. The van der Waals surface area contributed by atoms with Crippen molar-refractivity contribution >= 4 is 5.95 Å². The van der Waals surface area contributed by atoms with Crippen LogP contribution < -0.4 is 5.32 Å². The van der Waals surface area contributed by atoms with Crippen LogP contribution in [0.4, 0.5) is 5.95 Å². The van der Waals surface area contributed by atoms with E-state index in [-0.39, 0.29) is 5.41 Å². The number of anilines is 1. The third-order valence-corrected chi connectivity index (χ3v) is 3.93. The molecule has 0 aromatic carbocycles. The summed E-state index contributed by atoms with van der Waals surface area (Å²) in [5.41, 5.74) is 0.269. The minimum absolute atomic E-state index is 0.269. The molecule has 17 heavy (non-hydrogen) atoms. The molecule has 0 saturated heterocycles. The molecular formula is C13H24N4. The first kappa shape index (κ1) is 12.4. The second-order valence-electron chi connectivity index (χ2n) is 5.74. The second-order valence-corrected chi connectivity index (χ2v) is 5.74. The molecule has 1 aromatic heterocycles. The number of nitrogens with one attached hydrogen (secondary N) is 1. The predicted molar refractivity (Wildman–Crippen MR) is 70.2 cm³/mol. The van der Waals surface area contributed by atoms with Gasteiger partial charge in [-0.05, 0) is 25.2 Å². The molecule has 1 heterocycles. The van der Waals surface area contributed by atoms with E-state index in [0.717, 1.165) is 5.95 Å². The van der Waals surface area contributed by atoms with Crippen LogP contribution in [0.25, 0.3) is 0 Å². The first-order chi connectivity index (χ1) is 8.09. The molecule has 2 rings (SSSR count). The summed E-state index contributed by atoms with van der Waals surface area (Å²) < 4.78 is 2.13. The van der Waals surface area contributed by atoms with E-state index >= 15 is 0 Å². The van der Waals surface area contributed by atoms with E-state index in [1.54, 1.807) is 0 Å². The third kappa shape index (κ3) is 2.17. The van der Waals surface area contributed by atoms with Gasteiger partial charge < -0.3 is 9.88 Å². The molecule has 0 amide bonds. The largest absolute Gasteiger partial charge is 0.357 e. The van der Waals surface area contributed by atoms with Gasteiger partial charge in [0.2, 0.25) is 5.95 Å². The van der Waals surface area contributed by atoms with Gasteiger partial charge in [-0.2, -0.15) is 0 Å². The summed E-state index contributed by atoms with van der Waals surface area (Å²) in [5, 5.41) is 11.8. The molecule has 1 aliphatic carbocycles. The molecule has 1 N–H and O–H groups in total. The lowest BCUT2D eigenvalue weighted by Gasteiger charge is -2.29. The van der Waals surface area contributed by atoms with Crippen molar-refractivity contribution in [3.05, 3.63) is 5.82 Å². The van der Waals surface area contributed by atoms with Crippen LogP contribution in [-0.2, 0) is 12.5 Å². The quantitative estimate of drug-likeness (QED) is 0.874. The van der Waals surface area contributed by atoms with Gasteiger partial charge >= 0.3 is 0 Å². The number of hydrogen-bond acceptors (Lipinski definition) is 3. The molecule has 4 heteroatoms. The lowest BCUT2D eigenvalue weighted by molar-refractivity contribution is 0.321. The van der Waals surface area contributed by atoms with Crippen LogP contribution in [0.2, 0.25) is 0 Å². The molecule has 0 atom stereocenters. The fraction of sp³-hybridized carbons (Fsp3) is 0.846. The average molecular weight is 236 g/mol. The van der Waals surface area contributed by atoms with Gasteiger partial charge in [-0.25, -0.2) is 0 Å². The SMILES string of the molecule is CNc1nnc(C2(CC(C)C)CCCC2)n1C. The maximum Gasteiger partial charge on any atom is 0.224 e. The Hall–Kier alpha value is -1.06. The first-order valence-corrected chi connectivity index (χ1v) is 6.67. The highest BCUT2D eigenvalue weighted by Crippen LogP contribution is 2.45. The van der Waals surface area contributed by atoms with Gasteiger partial charge in [-0.15, -0.1) is 10.2 Å². The van der Waals surface area contributed by atoms with Gasteiger partial charge in [-0.1, -0.05) is 26.7 Å². The molecule has 1 aromatic rings. The van der Waals surface area contributed by atoms with Crippen molar-refractivity contribution in [3.8, 4) is 0 Å². The summed E-state index contributed by atoms with van der Waals surface area (Å²) in [6, 6.07) is 0. The minimum Gasteiger partial charge on any atom is -0.357 e. The molecular weight excluding hydrogens is 212 g/mol. The van der Waals surface area contributed by atoms with Crippen molar-refractivity contribution in [2.45, 2.75) is 51.4 Å². The third-order valence-electron chi connectivity index (χ3n) is 3.93.